The predicted molar refractivity (Wildman–Crippen MR) is 86.7 cm³/mol. The molecule has 0 saturated carbocycles. The van der Waals surface area contributed by atoms with Gasteiger partial charge in [-0.2, -0.15) is 5.26 Å². The fraction of sp³-hybridized carbons (Fsp3) is 0.278. The van der Waals surface area contributed by atoms with Gasteiger partial charge in [0, 0.05) is 36.5 Å². The van der Waals surface area contributed by atoms with E-state index in [4.69, 9.17) is 5.26 Å². The minimum atomic E-state index is -0.202. The fourth-order valence-electron chi connectivity index (χ4n) is 2.34. The van der Waals surface area contributed by atoms with Crippen molar-refractivity contribution in [3.05, 3.63) is 65.0 Å². The number of hydrogen-bond donors (Lipinski definition) is 2. The minimum Gasteiger partial charge on any atom is -0.396 e. The molecule has 23 heavy (non-hydrogen) atoms. The van der Waals surface area contributed by atoms with Gasteiger partial charge in [0.05, 0.1) is 11.6 Å². The second-order valence-corrected chi connectivity index (χ2v) is 5.43. The monoisotopic (exact) mass is 309 g/mol. The van der Waals surface area contributed by atoms with Crippen LogP contribution in [0.4, 0.5) is 0 Å². The van der Waals surface area contributed by atoms with Crippen molar-refractivity contribution in [1.82, 2.24) is 10.3 Å². The quantitative estimate of drug-likeness (QED) is 0.852. The summed E-state index contributed by atoms with van der Waals surface area (Å²) >= 11 is 0. The number of pyridine rings is 1. The molecule has 2 aromatic rings. The van der Waals surface area contributed by atoms with Crippen LogP contribution in [0.5, 0.6) is 0 Å². The van der Waals surface area contributed by atoms with Gasteiger partial charge in [0.25, 0.3) is 5.91 Å². The number of rotatable bonds is 6. The zero-order valence-electron chi connectivity index (χ0n) is 13.0. The van der Waals surface area contributed by atoms with Gasteiger partial charge in [-0.3, -0.25) is 9.78 Å². The Morgan fingerprint density at radius 1 is 1.39 bits per heavy atom. The van der Waals surface area contributed by atoms with Crippen molar-refractivity contribution in [2.24, 2.45) is 5.92 Å². The highest BCUT2D eigenvalue weighted by Gasteiger charge is 2.14. The summed E-state index contributed by atoms with van der Waals surface area (Å²) < 4.78 is 0. The minimum absolute atomic E-state index is 0.0246. The maximum atomic E-state index is 12.2. The predicted octanol–water partition coefficient (Wildman–Crippen LogP) is 1.84. The molecule has 5 heteroatoms. The van der Waals surface area contributed by atoms with Crippen LogP contribution in [0.3, 0.4) is 0 Å². The Morgan fingerprint density at radius 2 is 2.22 bits per heavy atom. The molecule has 0 aliphatic heterocycles. The lowest BCUT2D eigenvalue weighted by atomic mass is 10.0. The number of aliphatic hydroxyl groups is 1. The van der Waals surface area contributed by atoms with E-state index in [0.29, 0.717) is 24.1 Å². The summed E-state index contributed by atoms with van der Waals surface area (Å²) in [5.74, 6) is -0.293. The van der Waals surface area contributed by atoms with Crippen LogP contribution >= 0.6 is 0 Å². The third-order valence-corrected chi connectivity index (χ3v) is 3.63. The van der Waals surface area contributed by atoms with Crippen molar-refractivity contribution in [3.8, 4) is 6.07 Å². The molecule has 1 aromatic heterocycles. The number of carbonyl (C=O) groups excluding carboxylic acids is 1. The molecule has 1 unspecified atom stereocenters. The summed E-state index contributed by atoms with van der Waals surface area (Å²) in [7, 11) is 0. The molecular weight excluding hydrogens is 290 g/mol. The van der Waals surface area contributed by atoms with Crippen LogP contribution in [-0.4, -0.2) is 29.1 Å². The molecule has 1 atom stereocenters. The van der Waals surface area contributed by atoms with Gasteiger partial charge in [-0.25, -0.2) is 0 Å². The van der Waals surface area contributed by atoms with Gasteiger partial charge in [-0.15, -0.1) is 0 Å². The van der Waals surface area contributed by atoms with Crippen LogP contribution in [0.15, 0.2) is 42.6 Å². The summed E-state index contributed by atoms with van der Waals surface area (Å²) in [5, 5.41) is 21.2. The lowest BCUT2D eigenvalue weighted by Crippen LogP contribution is -2.32. The third kappa shape index (κ3) is 4.63. The molecular formula is C18H19N3O2. The Kier molecular flexibility index (Phi) is 5.84. The average Bonchev–Trinajstić information content (AvgIpc) is 2.59. The number of aryl methyl sites for hydroxylation is 1. The number of aromatic nitrogens is 1. The van der Waals surface area contributed by atoms with Gasteiger partial charge >= 0.3 is 0 Å². The van der Waals surface area contributed by atoms with Crippen molar-refractivity contribution in [3.63, 3.8) is 0 Å². The second kappa shape index (κ2) is 8.06. The fourth-order valence-corrected chi connectivity index (χ4v) is 2.34. The highest BCUT2D eigenvalue weighted by molar-refractivity contribution is 5.95. The molecule has 2 rings (SSSR count). The number of carbonyl (C=O) groups is 1. The Hall–Kier alpha value is -2.71. The summed E-state index contributed by atoms with van der Waals surface area (Å²) in [5.41, 5.74) is 2.71. The molecule has 0 saturated heterocycles. The first-order valence-electron chi connectivity index (χ1n) is 7.43. The molecule has 2 N–H and O–H groups in total. The smallest absolute Gasteiger partial charge is 0.251 e. The van der Waals surface area contributed by atoms with Crippen LogP contribution < -0.4 is 5.32 Å². The number of amides is 1. The number of nitriles is 1. The Bertz CT molecular complexity index is 708. The van der Waals surface area contributed by atoms with Crippen molar-refractivity contribution >= 4 is 5.91 Å². The molecule has 0 fully saturated rings. The van der Waals surface area contributed by atoms with E-state index < -0.39 is 0 Å². The first-order chi connectivity index (χ1) is 11.1. The standard InChI is InChI=1S/C18H19N3O2/c1-13-8-14(10-19)5-6-17(13)18(23)21-11-15(12-22)9-16-4-2-3-7-20-16/h2-8,15,22H,9,11-12H2,1H3,(H,21,23). The van der Waals surface area contributed by atoms with E-state index in [9.17, 15) is 9.90 Å². The van der Waals surface area contributed by atoms with E-state index in [1.165, 1.54) is 0 Å². The molecule has 1 amide bonds. The number of nitrogens with zero attached hydrogens (tertiary/aromatic N) is 2. The Labute approximate surface area is 135 Å². The largest absolute Gasteiger partial charge is 0.396 e. The van der Waals surface area contributed by atoms with Crippen LogP contribution in [0.25, 0.3) is 0 Å². The number of hydrogen-bond acceptors (Lipinski definition) is 4. The van der Waals surface area contributed by atoms with E-state index >= 15 is 0 Å². The summed E-state index contributed by atoms with van der Waals surface area (Å²) in [4.78, 5) is 16.5. The topological polar surface area (TPSA) is 86.0 Å². The zero-order valence-corrected chi connectivity index (χ0v) is 13.0. The summed E-state index contributed by atoms with van der Waals surface area (Å²) in [6.07, 6.45) is 2.31. The van der Waals surface area contributed by atoms with Crippen molar-refractivity contribution in [2.75, 3.05) is 13.2 Å². The first kappa shape index (κ1) is 16.7. The van der Waals surface area contributed by atoms with Crippen LogP contribution in [-0.2, 0) is 6.42 Å². The molecule has 0 bridgehead atoms. The van der Waals surface area contributed by atoms with Gasteiger partial charge in [0.1, 0.15) is 0 Å². The number of nitrogens with one attached hydrogen (secondary N) is 1. The highest BCUT2D eigenvalue weighted by Crippen LogP contribution is 2.11. The zero-order chi connectivity index (χ0) is 16.7. The van der Waals surface area contributed by atoms with Gasteiger partial charge in [-0.05, 0) is 49.2 Å². The Morgan fingerprint density at radius 3 is 2.83 bits per heavy atom. The molecule has 0 aliphatic carbocycles. The molecule has 0 aliphatic rings. The third-order valence-electron chi connectivity index (χ3n) is 3.63. The van der Waals surface area contributed by atoms with E-state index in [2.05, 4.69) is 10.3 Å². The normalized spacial score (nSPS) is 11.5. The maximum absolute atomic E-state index is 12.2. The highest BCUT2D eigenvalue weighted by atomic mass is 16.3. The van der Waals surface area contributed by atoms with Gasteiger partial charge in [0.2, 0.25) is 0 Å². The van der Waals surface area contributed by atoms with E-state index in [0.717, 1.165) is 11.3 Å². The van der Waals surface area contributed by atoms with E-state index in [-0.39, 0.29) is 18.4 Å². The Balaban J connectivity index is 1.96. The van der Waals surface area contributed by atoms with Gasteiger partial charge < -0.3 is 10.4 Å². The maximum Gasteiger partial charge on any atom is 0.251 e. The SMILES string of the molecule is Cc1cc(C#N)ccc1C(=O)NCC(CO)Cc1ccccn1. The van der Waals surface area contributed by atoms with Crippen LogP contribution in [0, 0.1) is 24.2 Å². The van der Waals surface area contributed by atoms with Gasteiger partial charge in [-0.1, -0.05) is 6.07 Å². The van der Waals surface area contributed by atoms with E-state index in [1.54, 1.807) is 31.3 Å². The molecule has 1 heterocycles. The van der Waals surface area contributed by atoms with Crippen molar-refractivity contribution < 1.29 is 9.90 Å². The van der Waals surface area contributed by atoms with Crippen molar-refractivity contribution in [2.45, 2.75) is 13.3 Å². The molecule has 5 nitrogen and oxygen atoms in total. The number of benzene rings is 1. The van der Waals surface area contributed by atoms with Gasteiger partial charge in [0.15, 0.2) is 0 Å². The van der Waals surface area contributed by atoms with Crippen molar-refractivity contribution in [1.29, 1.82) is 5.26 Å². The molecule has 1 aromatic carbocycles. The lowest BCUT2D eigenvalue weighted by Gasteiger charge is -2.15. The lowest BCUT2D eigenvalue weighted by molar-refractivity contribution is 0.0939. The molecule has 0 spiro atoms. The first-order valence-corrected chi connectivity index (χ1v) is 7.43. The average molecular weight is 309 g/mol. The molecule has 0 radical (unpaired) electrons. The number of aliphatic hydroxyl groups excluding tert-OH is 1. The summed E-state index contributed by atoms with van der Waals surface area (Å²) in [6, 6.07) is 12.6. The van der Waals surface area contributed by atoms with Crippen LogP contribution in [0.1, 0.15) is 27.2 Å². The second-order valence-electron chi connectivity index (χ2n) is 5.43. The van der Waals surface area contributed by atoms with E-state index in [1.807, 2.05) is 24.3 Å². The summed E-state index contributed by atoms with van der Waals surface area (Å²) in [6.45, 7) is 2.14. The molecule has 118 valence electrons. The van der Waals surface area contributed by atoms with Crippen LogP contribution in [0.2, 0.25) is 0 Å².